The van der Waals surface area contributed by atoms with Gasteiger partial charge >= 0.3 is 0 Å². The van der Waals surface area contributed by atoms with Crippen molar-refractivity contribution >= 4 is 45.0 Å². The summed E-state index contributed by atoms with van der Waals surface area (Å²) in [6, 6.07) is 9.20. The Morgan fingerprint density at radius 3 is 2.54 bits per heavy atom. The fourth-order valence-corrected chi connectivity index (χ4v) is 3.35. The third-order valence-corrected chi connectivity index (χ3v) is 4.61. The van der Waals surface area contributed by atoms with Crippen molar-refractivity contribution in [1.29, 1.82) is 0 Å². The van der Waals surface area contributed by atoms with Crippen LogP contribution in [0.15, 0.2) is 34.8 Å². The standard InChI is InChI=1S/C19H20BrClN2O3/c1-11-5-4-6-16(13(11)3)23-17(24)9-22-18(25)10-26-19-12(2)7-14(20)8-15(19)21/h4-8H,9-10H2,1-3H3,(H,22,25)(H,23,24). The van der Waals surface area contributed by atoms with E-state index in [0.717, 1.165) is 26.9 Å². The number of aryl methyl sites for hydroxylation is 2. The van der Waals surface area contributed by atoms with Gasteiger partial charge in [0.25, 0.3) is 5.91 Å². The first-order valence-electron chi connectivity index (χ1n) is 7.99. The Morgan fingerprint density at radius 1 is 1.12 bits per heavy atom. The molecule has 0 bridgehead atoms. The van der Waals surface area contributed by atoms with Crippen molar-refractivity contribution in [3.63, 3.8) is 0 Å². The molecule has 0 unspecified atom stereocenters. The van der Waals surface area contributed by atoms with Gasteiger partial charge in [0.15, 0.2) is 6.61 Å². The van der Waals surface area contributed by atoms with Crippen LogP contribution in [-0.4, -0.2) is 25.0 Å². The number of carbonyl (C=O) groups excluding carboxylic acids is 2. The molecule has 26 heavy (non-hydrogen) atoms. The molecule has 5 nitrogen and oxygen atoms in total. The van der Waals surface area contributed by atoms with Gasteiger partial charge in [0.1, 0.15) is 5.75 Å². The van der Waals surface area contributed by atoms with Gasteiger partial charge in [0.2, 0.25) is 5.91 Å². The van der Waals surface area contributed by atoms with Crippen LogP contribution in [0.4, 0.5) is 5.69 Å². The molecular formula is C19H20BrClN2O3. The number of anilines is 1. The predicted octanol–water partition coefficient (Wildman–Crippen LogP) is 4.16. The largest absolute Gasteiger partial charge is 0.482 e. The van der Waals surface area contributed by atoms with Gasteiger partial charge in [-0.15, -0.1) is 0 Å². The highest BCUT2D eigenvalue weighted by atomic mass is 79.9. The van der Waals surface area contributed by atoms with E-state index in [1.807, 2.05) is 45.0 Å². The van der Waals surface area contributed by atoms with Crippen LogP contribution in [0, 0.1) is 20.8 Å². The van der Waals surface area contributed by atoms with Crippen LogP contribution in [0.2, 0.25) is 5.02 Å². The zero-order valence-corrected chi connectivity index (χ0v) is 17.1. The second-order valence-corrected chi connectivity index (χ2v) is 7.22. The van der Waals surface area contributed by atoms with E-state index in [4.69, 9.17) is 16.3 Å². The van der Waals surface area contributed by atoms with Gasteiger partial charge in [-0.1, -0.05) is 39.7 Å². The molecule has 2 aromatic rings. The Kier molecular flexibility index (Phi) is 7.06. The zero-order valence-electron chi connectivity index (χ0n) is 14.8. The average molecular weight is 440 g/mol. The van der Waals surface area contributed by atoms with Gasteiger partial charge in [-0.2, -0.15) is 0 Å². The van der Waals surface area contributed by atoms with E-state index in [2.05, 4.69) is 26.6 Å². The summed E-state index contributed by atoms with van der Waals surface area (Å²) in [5.74, 6) is -0.255. The number of amides is 2. The Hall–Kier alpha value is -2.05. The summed E-state index contributed by atoms with van der Waals surface area (Å²) >= 11 is 9.45. The molecule has 0 radical (unpaired) electrons. The maximum Gasteiger partial charge on any atom is 0.258 e. The molecule has 0 saturated carbocycles. The third-order valence-electron chi connectivity index (χ3n) is 3.87. The normalized spacial score (nSPS) is 10.3. The Bertz CT molecular complexity index is 817. The number of carbonyl (C=O) groups is 2. The summed E-state index contributed by atoms with van der Waals surface area (Å²) in [6.45, 7) is 5.38. The van der Waals surface area contributed by atoms with Crippen molar-refractivity contribution in [2.45, 2.75) is 20.8 Å². The molecule has 0 spiro atoms. The minimum atomic E-state index is -0.403. The number of hydrogen-bond acceptors (Lipinski definition) is 3. The lowest BCUT2D eigenvalue weighted by atomic mass is 10.1. The number of hydrogen-bond donors (Lipinski definition) is 2. The van der Waals surface area contributed by atoms with E-state index in [1.54, 1.807) is 6.07 Å². The highest BCUT2D eigenvalue weighted by Gasteiger charge is 2.11. The van der Waals surface area contributed by atoms with Crippen LogP contribution in [0.5, 0.6) is 5.75 Å². The van der Waals surface area contributed by atoms with E-state index >= 15 is 0 Å². The van der Waals surface area contributed by atoms with Crippen LogP contribution in [0.3, 0.4) is 0 Å². The van der Waals surface area contributed by atoms with E-state index in [0.29, 0.717) is 10.8 Å². The van der Waals surface area contributed by atoms with Gasteiger partial charge in [-0.3, -0.25) is 9.59 Å². The number of nitrogens with one attached hydrogen (secondary N) is 2. The van der Waals surface area contributed by atoms with Crippen molar-refractivity contribution in [2.75, 3.05) is 18.5 Å². The molecular weight excluding hydrogens is 420 g/mol. The monoisotopic (exact) mass is 438 g/mol. The number of rotatable bonds is 6. The Balaban J connectivity index is 1.83. The minimum absolute atomic E-state index is 0.136. The van der Waals surface area contributed by atoms with Crippen molar-refractivity contribution < 1.29 is 14.3 Å². The summed E-state index contributed by atoms with van der Waals surface area (Å²) in [7, 11) is 0. The molecule has 0 fully saturated rings. The van der Waals surface area contributed by atoms with Gasteiger partial charge in [0, 0.05) is 10.2 Å². The fourth-order valence-electron chi connectivity index (χ4n) is 2.32. The Labute approximate surface area is 166 Å². The summed E-state index contributed by atoms with van der Waals surface area (Å²) in [4.78, 5) is 23.9. The molecule has 0 aliphatic heterocycles. The highest BCUT2D eigenvalue weighted by Crippen LogP contribution is 2.31. The molecule has 0 aliphatic rings. The summed E-state index contributed by atoms with van der Waals surface area (Å²) in [5, 5.41) is 5.73. The first-order valence-corrected chi connectivity index (χ1v) is 9.16. The second kappa shape index (κ2) is 9.05. The average Bonchev–Trinajstić information content (AvgIpc) is 2.56. The molecule has 0 aromatic heterocycles. The molecule has 0 saturated heterocycles. The van der Waals surface area contributed by atoms with E-state index in [9.17, 15) is 9.59 Å². The first kappa shape index (κ1) is 20.3. The molecule has 0 aliphatic carbocycles. The molecule has 0 atom stereocenters. The van der Waals surface area contributed by atoms with Gasteiger partial charge < -0.3 is 15.4 Å². The van der Waals surface area contributed by atoms with Gasteiger partial charge in [0.05, 0.1) is 11.6 Å². The number of halogens is 2. The maximum absolute atomic E-state index is 12.0. The van der Waals surface area contributed by atoms with E-state index < -0.39 is 5.91 Å². The van der Waals surface area contributed by atoms with Crippen LogP contribution >= 0.6 is 27.5 Å². The Morgan fingerprint density at radius 2 is 1.85 bits per heavy atom. The molecule has 138 valence electrons. The summed E-state index contributed by atoms with van der Waals surface area (Å²) in [6.07, 6.45) is 0. The van der Waals surface area contributed by atoms with Crippen LogP contribution in [0.25, 0.3) is 0 Å². The lowest BCUT2D eigenvalue weighted by molar-refractivity contribution is -0.125. The SMILES string of the molecule is Cc1cccc(NC(=O)CNC(=O)COc2c(C)cc(Br)cc2Cl)c1C. The van der Waals surface area contributed by atoms with Crippen molar-refractivity contribution in [3.05, 3.63) is 56.5 Å². The lowest BCUT2D eigenvalue weighted by Gasteiger charge is -2.12. The lowest BCUT2D eigenvalue weighted by Crippen LogP contribution is -2.36. The molecule has 2 aromatic carbocycles. The zero-order chi connectivity index (χ0) is 19.3. The predicted molar refractivity (Wildman–Crippen MR) is 107 cm³/mol. The van der Waals surface area contributed by atoms with Crippen molar-refractivity contribution in [3.8, 4) is 5.75 Å². The first-order chi connectivity index (χ1) is 12.3. The molecule has 0 heterocycles. The fraction of sp³-hybridized carbons (Fsp3) is 0.263. The summed E-state index contributed by atoms with van der Waals surface area (Å²) in [5.41, 5.74) is 3.63. The molecule has 2 amide bonds. The maximum atomic E-state index is 12.0. The van der Waals surface area contributed by atoms with Gasteiger partial charge in [-0.25, -0.2) is 0 Å². The highest BCUT2D eigenvalue weighted by molar-refractivity contribution is 9.10. The molecule has 7 heteroatoms. The van der Waals surface area contributed by atoms with Crippen LogP contribution in [0.1, 0.15) is 16.7 Å². The minimum Gasteiger partial charge on any atom is -0.482 e. The topological polar surface area (TPSA) is 67.4 Å². The summed E-state index contributed by atoms with van der Waals surface area (Å²) < 4.78 is 6.31. The van der Waals surface area contributed by atoms with Crippen LogP contribution in [-0.2, 0) is 9.59 Å². The van der Waals surface area contributed by atoms with Crippen molar-refractivity contribution in [2.24, 2.45) is 0 Å². The quantitative estimate of drug-likeness (QED) is 0.710. The molecule has 2 N–H and O–H groups in total. The third kappa shape index (κ3) is 5.47. The van der Waals surface area contributed by atoms with Crippen LogP contribution < -0.4 is 15.4 Å². The van der Waals surface area contributed by atoms with E-state index in [-0.39, 0.29) is 19.1 Å². The number of ether oxygens (including phenoxy) is 1. The second-order valence-electron chi connectivity index (χ2n) is 5.89. The molecule has 2 rings (SSSR count). The smallest absolute Gasteiger partial charge is 0.258 e. The van der Waals surface area contributed by atoms with E-state index in [1.165, 1.54) is 0 Å². The van der Waals surface area contributed by atoms with Gasteiger partial charge in [-0.05, 0) is 55.7 Å². The van der Waals surface area contributed by atoms with Crippen molar-refractivity contribution in [1.82, 2.24) is 5.32 Å². The number of benzene rings is 2.